The van der Waals surface area contributed by atoms with Crippen LogP contribution in [0.3, 0.4) is 0 Å². The van der Waals surface area contributed by atoms with Crippen molar-refractivity contribution in [2.75, 3.05) is 19.4 Å². The zero-order valence-corrected chi connectivity index (χ0v) is 23.5. The van der Waals surface area contributed by atoms with Crippen molar-refractivity contribution in [2.45, 2.75) is 43.1 Å². The second kappa shape index (κ2) is 13.1. The summed E-state index contributed by atoms with van der Waals surface area (Å²) in [6, 6.07) is 19.2. The first-order valence-corrected chi connectivity index (χ1v) is 15.0. The highest BCUT2D eigenvalue weighted by molar-refractivity contribution is 8.00. The zero-order chi connectivity index (χ0) is 27.9. The topological polar surface area (TPSA) is 125 Å². The molecule has 4 N–H and O–H groups in total. The number of nitrogens with one attached hydrogen (secondary N) is 2. The third kappa shape index (κ3) is 8.76. The molecule has 2 atom stereocenters. The molecule has 204 valence electrons. The van der Waals surface area contributed by atoms with Crippen LogP contribution in [-0.2, 0) is 10.0 Å². The Balaban J connectivity index is 1.59. The summed E-state index contributed by atoms with van der Waals surface area (Å²) >= 11 is 1.49. The fourth-order valence-electron chi connectivity index (χ4n) is 3.74. The molecule has 0 spiro atoms. The highest BCUT2D eigenvalue weighted by Gasteiger charge is 2.18. The molecule has 8 nitrogen and oxygen atoms in total. The van der Waals surface area contributed by atoms with Crippen LogP contribution >= 0.6 is 11.8 Å². The maximum atomic E-state index is 12.5. The fraction of sp³-hybridized carbons (Fsp3) is 0.321. The number of sulfonamides is 1. The summed E-state index contributed by atoms with van der Waals surface area (Å²) in [5.41, 5.74) is 2.87. The van der Waals surface area contributed by atoms with Gasteiger partial charge in [0.25, 0.3) is 5.91 Å². The Morgan fingerprint density at radius 3 is 2.21 bits per heavy atom. The highest BCUT2D eigenvalue weighted by atomic mass is 32.2. The van der Waals surface area contributed by atoms with Crippen LogP contribution in [0.25, 0.3) is 11.1 Å². The number of hydrogen-bond donors (Lipinski definition) is 4. The average Bonchev–Trinajstić information content (AvgIpc) is 2.85. The number of amides is 1. The van der Waals surface area contributed by atoms with Gasteiger partial charge in [0.1, 0.15) is 18.1 Å². The molecule has 0 bridgehead atoms. The molecule has 3 aromatic rings. The van der Waals surface area contributed by atoms with Crippen LogP contribution in [0.5, 0.6) is 11.5 Å². The first-order valence-electron chi connectivity index (χ1n) is 12.2. The van der Waals surface area contributed by atoms with Crippen molar-refractivity contribution < 1.29 is 28.2 Å². The molecule has 0 saturated carbocycles. The number of carbonyl (C=O) groups excluding carboxylic acids is 1. The molecule has 0 saturated heterocycles. The monoisotopic (exact) mass is 558 g/mol. The van der Waals surface area contributed by atoms with Crippen molar-refractivity contribution in [1.29, 1.82) is 0 Å². The molecule has 1 amide bonds. The molecular formula is C28H34N2O6S2. The predicted molar refractivity (Wildman–Crippen MR) is 151 cm³/mol. The van der Waals surface area contributed by atoms with Crippen molar-refractivity contribution >= 4 is 27.7 Å². The van der Waals surface area contributed by atoms with Crippen LogP contribution in [0, 0.1) is 0 Å². The number of carbonyl (C=O) groups is 1. The maximum absolute atomic E-state index is 12.5. The van der Waals surface area contributed by atoms with Gasteiger partial charge in [-0.1, -0.05) is 44.2 Å². The predicted octanol–water partition coefficient (Wildman–Crippen LogP) is 4.34. The second-order valence-corrected chi connectivity index (χ2v) is 12.6. The van der Waals surface area contributed by atoms with Crippen LogP contribution < -0.4 is 14.8 Å². The SMILES string of the molecule is CC(C)Sc1cc(-c2ccc(OCCN[C@@H](C)[C@@H](O)c3ccc(O)cc3)cc2)ccc1C(=O)NS(C)(=O)=O. The summed E-state index contributed by atoms with van der Waals surface area (Å²) in [6.45, 7) is 6.83. The van der Waals surface area contributed by atoms with Gasteiger partial charge in [0, 0.05) is 22.7 Å². The summed E-state index contributed by atoms with van der Waals surface area (Å²) < 4.78 is 30.9. The van der Waals surface area contributed by atoms with E-state index in [-0.39, 0.29) is 17.0 Å². The van der Waals surface area contributed by atoms with Gasteiger partial charge in [-0.05, 0) is 60.0 Å². The molecule has 0 heterocycles. The van der Waals surface area contributed by atoms with Gasteiger partial charge in [0.2, 0.25) is 10.0 Å². The van der Waals surface area contributed by atoms with E-state index in [1.165, 1.54) is 11.8 Å². The quantitative estimate of drug-likeness (QED) is 0.191. The fourth-order valence-corrected chi connectivity index (χ4v) is 5.17. The van der Waals surface area contributed by atoms with Gasteiger partial charge >= 0.3 is 0 Å². The van der Waals surface area contributed by atoms with Crippen LogP contribution in [0.4, 0.5) is 0 Å². The Labute approximate surface area is 228 Å². The van der Waals surface area contributed by atoms with Crippen molar-refractivity contribution in [3.05, 3.63) is 77.9 Å². The molecule has 0 unspecified atom stereocenters. The average molecular weight is 559 g/mol. The number of phenols is 1. The van der Waals surface area contributed by atoms with E-state index in [4.69, 9.17) is 4.74 Å². The summed E-state index contributed by atoms with van der Waals surface area (Å²) in [5.74, 6) is 0.206. The summed E-state index contributed by atoms with van der Waals surface area (Å²) in [7, 11) is -3.66. The lowest BCUT2D eigenvalue weighted by Gasteiger charge is -2.21. The molecule has 0 aliphatic carbocycles. The third-order valence-electron chi connectivity index (χ3n) is 5.60. The van der Waals surface area contributed by atoms with Gasteiger partial charge in [-0.3, -0.25) is 4.79 Å². The van der Waals surface area contributed by atoms with E-state index in [1.54, 1.807) is 36.4 Å². The van der Waals surface area contributed by atoms with E-state index >= 15 is 0 Å². The molecule has 0 aliphatic rings. The Morgan fingerprint density at radius 2 is 1.61 bits per heavy atom. The standard InChI is InChI=1S/C28H34N2O6S2/c1-18(2)37-26-17-22(9-14-25(26)28(33)30-38(4,34)35)20-7-12-24(13-8-20)36-16-15-29-19(3)27(32)21-5-10-23(31)11-6-21/h5-14,17-19,27,29,31-32H,15-16H2,1-4H3,(H,30,33)/t19-,27+/m0/s1. The molecule has 38 heavy (non-hydrogen) atoms. The number of aliphatic hydroxyl groups excluding tert-OH is 1. The van der Waals surface area contributed by atoms with Gasteiger partial charge in [-0.25, -0.2) is 13.1 Å². The van der Waals surface area contributed by atoms with E-state index in [9.17, 15) is 23.4 Å². The minimum atomic E-state index is -3.66. The van der Waals surface area contributed by atoms with Gasteiger partial charge in [0.15, 0.2) is 0 Å². The van der Waals surface area contributed by atoms with Crippen LogP contribution in [0.15, 0.2) is 71.6 Å². The van der Waals surface area contributed by atoms with E-state index in [2.05, 4.69) is 5.32 Å². The molecule has 0 radical (unpaired) electrons. The largest absolute Gasteiger partial charge is 0.508 e. The van der Waals surface area contributed by atoms with Crippen molar-refractivity contribution in [3.63, 3.8) is 0 Å². The molecule has 10 heteroatoms. The lowest BCUT2D eigenvalue weighted by atomic mass is 10.0. The van der Waals surface area contributed by atoms with Crippen molar-refractivity contribution in [1.82, 2.24) is 10.0 Å². The number of hydrogen-bond acceptors (Lipinski definition) is 8. The van der Waals surface area contributed by atoms with E-state index in [0.29, 0.717) is 29.4 Å². The van der Waals surface area contributed by atoms with Gasteiger partial charge in [-0.15, -0.1) is 11.8 Å². The number of benzene rings is 3. The summed E-state index contributed by atoms with van der Waals surface area (Å²) in [5, 5.41) is 23.3. The highest BCUT2D eigenvalue weighted by Crippen LogP contribution is 2.32. The number of ether oxygens (including phenoxy) is 1. The number of aromatic hydroxyl groups is 1. The number of rotatable bonds is 12. The minimum Gasteiger partial charge on any atom is -0.508 e. The van der Waals surface area contributed by atoms with Gasteiger partial charge < -0.3 is 20.3 Å². The molecule has 0 aromatic heterocycles. The number of thioether (sulfide) groups is 1. The molecule has 0 fully saturated rings. The number of phenolic OH excluding ortho intramolecular Hbond substituents is 1. The van der Waals surface area contributed by atoms with Crippen LogP contribution in [0.1, 0.15) is 42.8 Å². The molecule has 3 aromatic carbocycles. The minimum absolute atomic E-state index is 0.157. The summed E-state index contributed by atoms with van der Waals surface area (Å²) in [6.07, 6.45) is 0.244. The zero-order valence-electron chi connectivity index (χ0n) is 21.8. The lowest BCUT2D eigenvalue weighted by molar-refractivity contribution is 0.0979. The molecule has 3 rings (SSSR count). The smallest absolute Gasteiger partial charge is 0.265 e. The van der Waals surface area contributed by atoms with E-state index in [1.807, 2.05) is 55.8 Å². The van der Waals surface area contributed by atoms with Gasteiger partial charge in [-0.2, -0.15) is 0 Å². The van der Waals surface area contributed by atoms with Gasteiger partial charge in [0.05, 0.1) is 17.9 Å². The Hall–Kier alpha value is -3.05. The summed E-state index contributed by atoms with van der Waals surface area (Å²) in [4.78, 5) is 13.2. The third-order valence-corrected chi connectivity index (χ3v) is 7.22. The van der Waals surface area contributed by atoms with E-state index in [0.717, 1.165) is 22.9 Å². The van der Waals surface area contributed by atoms with Crippen molar-refractivity contribution in [3.8, 4) is 22.6 Å². The normalized spacial score (nSPS) is 13.2. The van der Waals surface area contributed by atoms with Crippen LogP contribution in [-0.4, -0.2) is 55.2 Å². The first-order chi connectivity index (χ1) is 17.9. The van der Waals surface area contributed by atoms with E-state index < -0.39 is 22.0 Å². The van der Waals surface area contributed by atoms with Crippen LogP contribution in [0.2, 0.25) is 0 Å². The Morgan fingerprint density at radius 1 is 0.974 bits per heavy atom. The molecule has 0 aliphatic heterocycles. The molecular weight excluding hydrogens is 524 g/mol. The second-order valence-electron chi connectivity index (χ2n) is 9.23. The van der Waals surface area contributed by atoms with Crippen molar-refractivity contribution in [2.24, 2.45) is 0 Å². The Kier molecular flexibility index (Phi) is 10.2. The maximum Gasteiger partial charge on any atom is 0.265 e. The Bertz CT molecular complexity index is 1330. The first kappa shape index (κ1) is 29.5. The lowest BCUT2D eigenvalue weighted by Crippen LogP contribution is -2.35. The number of aliphatic hydroxyl groups is 1.